The van der Waals surface area contributed by atoms with E-state index in [4.69, 9.17) is 16.2 Å². The van der Waals surface area contributed by atoms with E-state index in [9.17, 15) is 0 Å². The van der Waals surface area contributed by atoms with Crippen molar-refractivity contribution in [1.82, 2.24) is 15.0 Å². The highest BCUT2D eigenvalue weighted by molar-refractivity contribution is 5.27. The number of ether oxygens (including phenoxy) is 1. The average molecular weight is 239 g/mol. The number of rotatable bonds is 8. The van der Waals surface area contributed by atoms with Crippen molar-refractivity contribution >= 4 is 11.9 Å². The Hall–Kier alpha value is -1.59. The molecule has 1 aromatic rings. The fourth-order valence-corrected chi connectivity index (χ4v) is 1.50. The predicted octanol–water partition coefficient (Wildman–Crippen LogP) is 1.78. The first-order valence-corrected chi connectivity index (χ1v) is 6.12. The van der Waals surface area contributed by atoms with Crippen molar-refractivity contribution in [2.75, 3.05) is 18.1 Å². The fourth-order valence-electron chi connectivity index (χ4n) is 1.50. The van der Waals surface area contributed by atoms with E-state index < -0.39 is 0 Å². The van der Waals surface area contributed by atoms with E-state index in [1.54, 1.807) is 0 Å². The van der Waals surface area contributed by atoms with Crippen LogP contribution in [-0.4, -0.2) is 21.6 Å². The van der Waals surface area contributed by atoms with Crippen LogP contribution in [0.1, 0.15) is 45.4 Å². The number of aromatic nitrogens is 3. The van der Waals surface area contributed by atoms with E-state index in [1.807, 2.05) is 0 Å². The third-order valence-electron chi connectivity index (χ3n) is 2.38. The summed E-state index contributed by atoms with van der Waals surface area (Å²) in [5.41, 5.74) is 10.8. The molecule has 1 heterocycles. The Labute approximate surface area is 102 Å². The summed E-state index contributed by atoms with van der Waals surface area (Å²) in [6.07, 6.45) is 7.27. The first-order chi connectivity index (χ1) is 8.22. The number of unbranched alkanes of at least 4 members (excludes halogenated alkanes) is 5. The van der Waals surface area contributed by atoms with Gasteiger partial charge in [0, 0.05) is 0 Å². The van der Waals surface area contributed by atoms with Gasteiger partial charge in [-0.1, -0.05) is 39.0 Å². The molecular formula is C11H21N5O. The standard InChI is InChI=1S/C11H21N5O/c1-2-3-4-5-6-7-8-17-11-15-9(12)14-10(13)16-11/h2-8H2,1H3,(H4,12,13,14,15,16). The van der Waals surface area contributed by atoms with E-state index in [0.29, 0.717) is 6.61 Å². The zero-order valence-electron chi connectivity index (χ0n) is 10.4. The lowest BCUT2D eigenvalue weighted by molar-refractivity contribution is 0.281. The number of nitrogen functional groups attached to an aromatic ring is 2. The maximum absolute atomic E-state index is 5.42. The van der Waals surface area contributed by atoms with Crippen LogP contribution in [0.5, 0.6) is 6.01 Å². The Kier molecular flexibility index (Phi) is 6.06. The van der Waals surface area contributed by atoms with Gasteiger partial charge in [0.05, 0.1) is 6.61 Å². The molecule has 6 heteroatoms. The molecule has 0 aromatic carbocycles. The van der Waals surface area contributed by atoms with E-state index in [0.717, 1.165) is 12.8 Å². The minimum Gasteiger partial charge on any atom is -0.463 e. The average Bonchev–Trinajstić information content (AvgIpc) is 2.26. The quantitative estimate of drug-likeness (QED) is 0.671. The lowest BCUT2D eigenvalue weighted by Crippen LogP contribution is -2.07. The summed E-state index contributed by atoms with van der Waals surface area (Å²) in [5.74, 6) is 0.186. The van der Waals surface area contributed by atoms with Crippen molar-refractivity contribution in [3.8, 4) is 6.01 Å². The van der Waals surface area contributed by atoms with E-state index in [2.05, 4.69) is 21.9 Å². The van der Waals surface area contributed by atoms with E-state index in [-0.39, 0.29) is 17.9 Å². The van der Waals surface area contributed by atoms with Crippen LogP contribution in [0.25, 0.3) is 0 Å². The van der Waals surface area contributed by atoms with Crippen LogP contribution in [-0.2, 0) is 0 Å². The van der Waals surface area contributed by atoms with Gasteiger partial charge in [-0.3, -0.25) is 0 Å². The second kappa shape index (κ2) is 7.65. The van der Waals surface area contributed by atoms with Gasteiger partial charge in [-0.25, -0.2) is 0 Å². The monoisotopic (exact) mass is 239 g/mol. The van der Waals surface area contributed by atoms with Gasteiger partial charge in [0.2, 0.25) is 11.9 Å². The van der Waals surface area contributed by atoms with E-state index in [1.165, 1.54) is 25.7 Å². The van der Waals surface area contributed by atoms with Crippen molar-refractivity contribution in [3.05, 3.63) is 0 Å². The van der Waals surface area contributed by atoms with E-state index >= 15 is 0 Å². The van der Waals surface area contributed by atoms with Crippen LogP contribution in [0.2, 0.25) is 0 Å². The summed E-state index contributed by atoms with van der Waals surface area (Å²) < 4.78 is 5.35. The van der Waals surface area contributed by atoms with Gasteiger partial charge in [-0.05, 0) is 6.42 Å². The summed E-state index contributed by atoms with van der Waals surface area (Å²) in [6.45, 7) is 2.80. The molecule has 0 spiro atoms. The first-order valence-electron chi connectivity index (χ1n) is 6.12. The molecule has 17 heavy (non-hydrogen) atoms. The van der Waals surface area contributed by atoms with Gasteiger partial charge in [0.15, 0.2) is 0 Å². The van der Waals surface area contributed by atoms with Crippen LogP contribution < -0.4 is 16.2 Å². The van der Waals surface area contributed by atoms with Crippen molar-refractivity contribution in [2.24, 2.45) is 0 Å². The smallest absolute Gasteiger partial charge is 0.323 e. The molecule has 0 radical (unpaired) electrons. The summed E-state index contributed by atoms with van der Waals surface area (Å²) in [5, 5.41) is 0. The number of hydrogen-bond acceptors (Lipinski definition) is 6. The Balaban J connectivity index is 2.13. The lowest BCUT2D eigenvalue weighted by atomic mass is 10.1. The van der Waals surface area contributed by atoms with Gasteiger partial charge >= 0.3 is 6.01 Å². The number of anilines is 2. The van der Waals surface area contributed by atoms with Crippen molar-refractivity contribution in [1.29, 1.82) is 0 Å². The van der Waals surface area contributed by atoms with Gasteiger partial charge in [0.1, 0.15) is 0 Å². The van der Waals surface area contributed by atoms with Crippen molar-refractivity contribution in [2.45, 2.75) is 45.4 Å². The third-order valence-corrected chi connectivity index (χ3v) is 2.38. The molecule has 0 unspecified atom stereocenters. The number of nitrogens with two attached hydrogens (primary N) is 2. The first kappa shape index (κ1) is 13.5. The molecule has 0 aliphatic rings. The SMILES string of the molecule is CCCCCCCCOc1nc(N)nc(N)n1. The number of hydrogen-bond donors (Lipinski definition) is 2. The Morgan fingerprint density at radius 1 is 0.882 bits per heavy atom. The normalized spacial score (nSPS) is 10.4. The van der Waals surface area contributed by atoms with Crippen LogP contribution in [0, 0.1) is 0 Å². The molecular weight excluding hydrogens is 218 g/mol. The fraction of sp³-hybridized carbons (Fsp3) is 0.727. The second-order valence-corrected chi connectivity index (χ2v) is 3.95. The maximum Gasteiger partial charge on any atom is 0.323 e. The zero-order valence-corrected chi connectivity index (χ0v) is 10.4. The largest absolute Gasteiger partial charge is 0.463 e. The topological polar surface area (TPSA) is 99.9 Å². The molecule has 96 valence electrons. The van der Waals surface area contributed by atoms with Crippen molar-refractivity contribution < 1.29 is 4.74 Å². The van der Waals surface area contributed by atoms with Crippen LogP contribution in [0.4, 0.5) is 11.9 Å². The molecule has 0 bridgehead atoms. The maximum atomic E-state index is 5.42. The zero-order chi connectivity index (χ0) is 12.5. The molecule has 0 saturated heterocycles. The molecule has 0 aliphatic carbocycles. The molecule has 0 amide bonds. The highest BCUT2D eigenvalue weighted by Crippen LogP contribution is 2.08. The Bertz CT molecular complexity index is 311. The molecule has 0 saturated carbocycles. The Morgan fingerprint density at radius 2 is 1.47 bits per heavy atom. The summed E-state index contributed by atoms with van der Waals surface area (Å²) in [4.78, 5) is 11.3. The minimum absolute atomic E-state index is 0.0930. The lowest BCUT2D eigenvalue weighted by Gasteiger charge is -2.04. The molecule has 1 aromatic heterocycles. The highest BCUT2D eigenvalue weighted by Gasteiger charge is 2.02. The predicted molar refractivity (Wildman–Crippen MR) is 67.5 cm³/mol. The van der Waals surface area contributed by atoms with Crippen LogP contribution >= 0.6 is 0 Å². The Morgan fingerprint density at radius 3 is 2.12 bits per heavy atom. The van der Waals surface area contributed by atoms with Crippen LogP contribution in [0.3, 0.4) is 0 Å². The van der Waals surface area contributed by atoms with Gasteiger partial charge in [-0.15, -0.1) is 0 Å². The van der Waals surface area contributed by atoms with Gasteiger partial charge in [0.25, 0.3) is 0 Å². The summed E-state index contributed by atoms with van der Waals surface area (Å²) in [6, 6.07) is 0.212. The summed E-state index contributed by atoms with van der Waals surface area (Å²) >= 11 is 0. The van der Waals surface area contributed by atoms with Crippen molar-refractivity contribution in [3.63, 3.8) is 0 Å². The van der Waals surface area contributed by atoms with Gasteiger partial charge < -0.3 is 16.2 Å². The molecule has 0 fully saturated rings. The highest BCUT2D eigenvalue weighted by atomic mass is 16.5. The van der Waals surface area contributed by atoms with Crippen LogP contribution in [0.15, 0.2) is 0 Å². The second-order valence-electron chi connectivity index (χ2n) is 3.95. The number of nitrogens with zero attached hydrogens (tertiary/aromatic N) is 3. The molecule has 4 N–H and O–H groups in total. The molecule has 1 rings (SSSR count). The minimum atomic E-state index is 0.0930. The molecule has 0 atom stereocenters. The van der Waals surface area contributed by atoms with Gasteiger partial charge in [-0.2, -0.15) is 15.0 Å². The summed E-state index contributed by atoms with van der Waals surface area (Å²) in [7, 11) is 0. The third kappa shape index (κ3) is 5.89. The molecule has 0 aliphatic heterocycles. The molecule has 6 nitrogen and oxygen atoms in total.